The van der Waals surface area contributed by atoms with Crippen molar-refractivity contribution in [1.82, 2.24) is 29.6 Å². The van der Waals surface area contributed by atoms with Gasteiger partial charge < -0.3 is 9.88 Å². The first-order valence-corrected chi connectivity index (χ1v) is 9.36. The Hall–Kier alpha value is -2.70. The maximum atomic E-state index is 13.3. The monoisotopic (exact) mass is 350 g/mol. The molecule has 1 amide bonds. The number of imidazole rings is 1. The molecule has 0 saturated heterocycles. The Labute approximate surface area is 151 Å². The predicted molar refractivity (Wildman–Crippen MR) is 96.8 cm³/mol. The lowest BCUT2D eigenvalue weighted by Crippen LogP contribution is -2.36. The zero-order valence-corrected chi connectivity index (χ0v) is 14.9. The van der Waals surface area contributed by atoms with Crippen molar-refractivity contribution in [1.29, 1.82) is 0 Å². The molecule has 0 aromatic carbocycles. The number of nitrogens with one attached hydrogen (secondary N) is 1. The van der Waals surface area contributed by atoms with Crippen molar-refractivity contribution in [2.75, 3.05) is 6.54 Å². The summed E-state index contributed by atoms with van der Waals surface area (Å²) in [4.78, 5) is 27.3. The molecule has 1 fully saturated rings. The number of carbonyl (C=O) groups excluding carboxylic acids is 1. The Morgan fingerprint density at radius 3 is 3.00 bits per heavy atom. The summed E-state index contributed by atoms with van der Waals surface area (Å²) in [5, 5.41) is 5.47. The van der Waals surface area contributed by atoms with Crippen LogP contribution in [0, 0.1) is 6.92 Å². The lowest BCUT2D eigenvalue weighted by Gasteiger charge is -2.26. The molecule has 1 aliphatic heterocycles. The van der Waals surface area contributed by atoms with Crippen molar-refractivity contribution in [3.8, 4) is 0 Å². The SMILES string of the molecule is Cc1cc(C(=O)N2CCc3nc[nH]c3C2)c2cnn(C3CCCC3)c2n1. The molecule has 2 aliphatic rings. The van der Waals surface area contributed by atoms with E-state index in [1.54, 1.807) is 6.33 Å². The van der Waals surface area contributed by atoms with E-state index in [2.05, 4.69) is 15.1 Å². The molecule has 0 spiro atoms. The zero-order valence-electron chi connectivity index (χ0n) is 14.9. The van der Waals surface area contributed by atoms with E-state index in [-0.39, 0.29) is 5.91 Å². The number of fused-ring (bicyclic) bond motifs is 2. The van der Waals surface area contributed by atoms with Crippen LogP contribution >= 0.6 is 0 Å². The van der Waals surface area contributed by atoms with Gasteiger partial charge in [0.15, 0.2) is 5.65 Å². The van der Waals surface area contributed by atoms with E-state index in [0.717, 1.165) is 47.4 Å². The fourth-order valence-electron chi connectivity index (χ4n) is 4.29. The van der Waals surface area contributed by atoms with Crippen LogP contribution in [0.15, 0.2) is 18.6 Å². The summed E-state index contributed by atoms with van der Waals surface area (Å²) in [5.74, 6) is 0.0479. The third kappa shape index (κ3) is 2.41. The minimum absolute atomic E-state index is 0.0479. The van der Waals surface area contributed by atoms with Crippen LogP contribution in [-0.4, -0.2) is 42.1 Å². The Balaban J connectivity index is 1.53. The molecule has 4 heterocycles. The number of hydrogen-bond donors (Lipinski definition) is 1. The van der Waals surface area contributed by atoms with Crippen molar-refractivity contribution in [2.45, 2.75) is 51.6 Å². The van der Waals surface area contributed by atoms with Crippen LogP contribution in [0.2, 0.25) is 0 Å². The first-order chi connectivity index (χ1) is 12.7. The van der Waals surface area contributed by atoms with Gasteiger partial charge in [-0.3, -0.25) is 4.79 Å². The number of aryl methyl sites for hydroxylation is 1. The van der Waals surface area contributed by atoms with Gasteiger partial charge in [-0.05, 0) is 25.8 Å². The Kier molecular flexibility index (Phi) is 3.55. The van der Waals surface area contributed by atoms with Crippen molar-refractivity contribution in [3.05, 3.63) is 41.2 Å². The highest BCUT2D eigenvalue weighted by Gasteiger charge is 2.27. The molecule has 7 nitrogen and oxygen atoms in total. The normalized spacial score (nSPS) is 17.8. The second-order valence-electron chi connectivity index (χ2n) is 7.38. The van der Waals surface area contributed by atoms with Gasteiger partial charge in [0.25, 0.3) is 5.91 Å². The van der Waals surface area contributed by atoms with Gasteiger partial charge in [0.05, 0.1) is 47.4 Å². The molecule has 1 aliphatic carbocycles. The minimum atomic E-state index is 0.0479. The second-order valence-corrected chi connectivity index (χ2v) is 7.38. The summed E-state index contributed by atoms with van der Waals surface area (Å²) in [6, 6.07) is 2.31. The number of H-pyrrole nitrogens is 1. The second kappa shape index (κ2) is 5.93. The largest absolute Gasteiger partial charge is 0.347 e. The molecule has 26 heavy (non-hydrogen) atoms. The van der Waals surface area contributed by atoms with Gasteiger partial charge >= 0.3 is 0 Å². The summed E-state index contributed by atoms with van der Waals surface area (Å²) >= 11 is 0. The fourth-order valence-corrected chi connectivity index (χ4v) is 4.29. The topological polar surface area (TPSA) is 79.7 Å². The molecule has 3 aromatic rings. The fraction of sp³-hybridized carbons (Fsp3) is 0.474. The number of pyridine rings is 1. The molecule has 3 aromatic heterocycles. The van der Waals surface area contributed by atoms with E-state index < -0.39 is 0 Å². The van der Waals surface area contributed by atoms with Gasteiger partial charge in [0.2, 0.25) is 0 Å². The number of carbonyl (C=O) groups is 1. The smallest absolute Gasteiger partial charge is 0.255 e. The summed E-state index contributed by atoms with van der Waals surface area (Å²) in [6.07, 6.45) is 9.08. The summed E-state index contributed by atoms with van der Waals surface area (Å²) < 4.78 is 2.04. The molecule has 134 valence electrons. The first-order valence-electron chi connectivity index (χ1n) is 9.36. The van der Waals surface area contributed by atoms with Crippen LogP contribution in [0.25, 0.3) is 11.0 Å². The number of rotatable bonds is 2. The third-order valence-corrected chi connectivity index (χ3v) is 5.66. The molecule has 0 bridgehead atoms. The lowest BCUT2D eigenvalue weighted by molar-refractivity contribution is 0.0733. The van der Waals surface area contributed by atoms with Crippen LogP contribution in [0.1, 0.15) is 59.2 Å². The van der Waals surface area contributed by atoms with Gasteiger partial charge in [-0.1, -0.05) is 12.8 Å². The molecular formula is C19H22N6O. The van der Waals surface area contributed by atoms with Crippen molar-refractivity contribution in [3.63, 3.8) is 0 Å². The standard InChI is InChI=1S/C19H22N6O/c1-12-8-14(19(26)24-7-6-16-17(10-24)21-11-20-16)15-9-22-25(18(15)23-12)13-4-2-3-5-13/h8-9,11,13H,2-7,10H2,1H3,(H,20,21). The van der Waals surface area contributed by atoms with Gasteiger partial charge in [0, 0.05) is 18.7 Å². The van der Waals surface area contributed by atoms with Gasteiger partial charge in [0.1, 0.15) is 0 Å². The minimum Gasteiger partial charge on any atom is -0.347 e. The molecule has 1 N–H and O–H groups in total. The highest BCUT2D eigenvalue weighted by atomic mass is 16.2. The Morgan fingerprint density at radius 1 is 1.31 bits per heavy atom. The number of amides is 1. The van der Waals surface area contributed by atoms with E-state index in [4.69, 9.17) is 4.98 Å². The van der Waals surface area contributed by atoms with E-state index in [1.165, 1.54) is 12.8 Å². The van der Waals surface area contributed by atoms with Gasteiger partial charge in [-0.15, -0.1) is 0 Å². The number of aromatic amines is 1. The highest BCUT2D eigenvalue weighted by Crippen LogP contribution is 2.32. The van der Waals surface area contributed by atoms with Crippen LogP contribution in [0.4, 0.5) is 0 Å². The van der Waals surface area contributed by atoms with Crippen LogP contribution in [0.5, 0.6) is 0 Å². The summed E-state index contributed by atoms with van der Waals surface area (Å²) in [7, 11) is 0. The van der Waals surface area contributed by atoms with Crippen molar-refractivity contribution in [2.24, 2.45) is 0 Å². The molecule has 7 heteroatoms. The van der Waals surface area contributed by atoms with Crippen LogP contribution in [-0.2, 0) is 13.0 Å². The molecule has 1 saturated carbocycles. The zero-order chi connectivity index (χ0) is 17.7. The number of hydrogen-bond acceptors (Lipinski definition) is 4. The van der Waals surface area contributed by atoms with Gasteiger partial charge in [-0.25, -0.2) is 14.6 Å². The average Bonchev–Trinajstić information content (AvgIpc) is 3.38. The average molecular weight is 350 g/mol. The van der Waals surface area contributed by atoms with E-state index in [0.29, 0.717) is 24.7 Å². The van der Waals surface area contributed by atoms with Crippen molar-refractivity contribution < 1.29 is 4.79 Å². The van der Waals surface area contributed by atoms with Crippen LogP contribution < -0.4 is 0 Å². The Bertz CT molecular complexity index is 981. The lowest BCUT2D eigenvalue weighted by atomic mass is 10.1. The summed E-state index contributed by atoms with van der Waals surface area (Å²) in [6.45, 7) is 3.22. The predicted octanol–water partition coefficient (Wildman–Crippen LogP) is 2.78. The molecular weight excluding hydrogens is 328 g/mol. The highest BCUT2D eigenvalue weighted by molar-refractivity contribution is 6.05. The Morgan fingerprint density at radius 2 is 2.15 bits per heavy atom. The molecule has 5 rings (SSSR count). The quantitative estimate of drug-likeness (QED) is 0.771. The maximum Gasteiger partial charge on any atom is 0.255 e. The maximum absolute atomic E-state index is 13.3. The van der Waals surface area contributed by atoms with E-state index in [1.807, 2.05) is 28.8 Å². The molecule has 0 radical (unpaired) electrons. The number of nitrogens with zero attached hydrogens (tertiary/aromatic N) is 5. The van der Waals surface area contributed by atoms with E-state index >= 15 is 0 Å². The molecule has 0 unspecified atom stereocenters. The van der Waals surface area contributed by atoms with Crippen LogP contribution in [0.3, 0.4) is 0 Å². The van der Waals surface area contributed by atoms with E-state index in [9.17, 15) is 4.79 Å². The molecule has 0 atom stereocenters. The van der Waals surface area contributed by atoms with Gasteiger partial charge in [-0.2, -0.15) is 5.10 Å². The first kappa shape index (κ1) is 15.5. The summed E-state index contributed by atoms with van der Waals surface area (Å²) in [5.41, 5.74) is 4.52. The third-order valence-electron chi connectivity index (χ3n) is 5.66. The van der Waals surface area contributed by atoms with Crippen molar-refractivity contribution >= 4 is 16.9 Å². The number of aromatic nitrogens is 5.